The zero-order valence-corrected chi connectivity index (χ0v) is 22.2. The van der Waals surface area contributed by atoms with E-state index in [2.05, 4.69) is 4.98 Å². The fraction of sp³-hybridized carbons (Fsp3) is 0.448. The zero-order chi connectivity index (χ0) is 27.7. The van der Waals surface area contributed by atoms with Gasteiger partial charge in [-0.05, 0) is 48.1 Å². The number of aromatic nitrogens is 1. The number of nitrogens with one attached hydrogen (secondary N) is 1. The minimum Gasteiger partial charge on any atom is -0.385 e. The monoisotopic (exact) mass is 531 g/mol. The molecule has 206 valence electrons. The summed E-state index contributed by atoms with van der Waals surface area (Å²) in [6.07, 6.45) is -1.03. The van der Waals surface area contributed by atoms with Crippen LogP contribution in [0.1, 0.15) is 43.4 Å². The molecular weight excluding hydrogens is 495 g/mol. The maximum Gasteiger partial charge on any atom is 0.416 e. The summed E-state index contributed by atoms with van der Waals surface area (Å²) in [6, 6.07) is 12.7. The van der Waals surface area contributed by atoms with Crippen LogP contribution in [0.5, 0.6) is 0 Å². The summed E-state index contributed by atoms with van der Waals surface area (Å²) in [5.74, 6) is -0.206. The lowest BCUT2D eigenvalue weighted by atomic mass is 10.1. The summed E-state index contributed by atoms with van der Waals surface area (Å²) in [5, 5.41) is 1.06. The lowest BCUT2D eigenvalue weighted by Crippen LogP contribution is -2.44. The average molecular weight is 532 g/mol. The first kappa shape index (κ1) is 29.2. The van der Waals surface area contributed by atoms with Crippen molar-refractivity contribution in [2.75, 3.05) is 33.4 Å². The second kappa shape index (κ2) is 13.5. The molecule has 0 aliphatic carbocycles. The number of hydrogen-bond donors (Lipinski definition) is 1. The fourth-order valence-electron chi connectivity index (χ4n) is 4.34. The number of carbonyl (C=O) groups is 2. The molecule has 0 atom stereocenters. The lowest BCUT2D eigenvalue weighted by molar-refractivity contribution is -0.141. The van der Waals surface area contributed by atoms with Crippen LogP contribution >= 0.6 is 0 Å². The molecule has 0 unspecified atom stereocenters. The summed E-state index contributed by atoms with van der Waals surface area (Å²) < 4.78 is 44.2. The van der Waals surface area contributed by atoms with Gasteiger partial charge in [0.25, 0.3) is 0 Å². The van der Waals surface area contributed by atoms with E-state index in [1.54, 1.807) is 16.9 Å². The van der Waals surface area contributed by atoms with Gasteiger partial charge in [-0.2, -0.15) is 13.2 Å². The molecule has 0 bridgehead atoms. The number of ether oxygens (including phenoxy) is 1. The average Bonchev–Trinajstić information content (AvgIpc) is 3.28. The SMILES string of the molecule is COCCCN(CC(=O)N(CCc1c[nH]c2ccccc12)Cc1ccc(C(F)(F)F)cc1)C(=O)CC(C)C. The van der Waals surface area contributed by atoms with Gasteiger partial charge in [0.1, 0.15) is 0 Å². The summed E-state index contributed by atoms with van der Waals surface area (Å²) in [5.41, 5.74) is 1.89. The molecule has 3 aromatic rings. The highest BCUT2D eigenvalue weighted by Gasteiger charge is 2.30. The van der Waals surface area contributed by atoms with Crippen molar-refractivity contribution >= 4 is 22.7 Å². The molecule has 0 radical (unpaired) electrons. The second-order valence-electron chi connectivity index (χ2n) is 9.88. The van der Waals surface area contributed by atoms with Gasteiger partial charge in [0.15, 0.2) is 0 Å². The van der Waals surface area contributed by atoms with Gasteiger partial charge in [-0.1, -0.05) is 44.2 Å². The van der Waals surface area contributed by atoms with Gasteiger partial charge < -0.3 is 19.5 Å². The van der Waals surface area contributed by atoms with Crippen LogP contribution in [0.3, 0.4) is 0 Å². The van der Waals surface area contributed by atoms with Gasteiger partial charge in [0.05, 0.1) is 12.1 Å². The van der Waals surface area contributed by atoms with E-state index in [-0.39, 0.29) is 30.8 Å². The Morgan fingerprint density at radius 1 is 0.974 bits per heavy atom. The molecule has 0 aliphatic heterocycles. The van der Waals surface area contributed by atoms with Crippen LogP contribution in [0.15, 0.2) is 54.7 Å². The van der Waals surface area contributed by atoms with E-state index in [4.69, 9.17) is 4.74 Å². The standard InChI is InChI=1S/C29H36F3N3O3/c1-21(2)17-27(36)34(14-6-16-38-3)20-28(37)35(19-22-9-11-24(12-10-22)29(30,31)32)15-13-23-18-33-26-8-5-4-7-25(23)26/h4-5,7-12,18,21,33H,6,13-17,19-20H2,1-3H3. The van der Waals surface area contributed by atoms with E-state index < -0.39 is 11.7 Å². The van der Waals surface area contributed by atoms with E-state index in [0.717, 1.165) is 28.6 Å². The topological polar surface area (TPSA) is 65.6 Å². The highest BCUT2D eigenvalue weighted by Crippen LogP contribution is 2.29. The highest BCUT2D eigenvalue weighted by atomic mass is 19.4. The number of fused-ring (bicyclic) bond motifs is 1. The number of methoxy groups -OCH3 is 1. The fourth-order valence-corrected chi connectivity index (χ4v) is 4.34. The van der Waals surface area contributed by atoms with Gasteiger partial charge >= 0.3 is 6.18 Å². The molecule has 0 saturated carbocycles. The van der Waals surface area contributed by atoms with Gasteiger partial charge in [-0.15, -0.1) is 0 Å². The number of aromatic amines is 1. The molecule has 0 fully saturated rings. The Labute approximate surface area is 221 Å². The summed E-state index contributed by atoms with van der Waals surface area (Å²) in [4.78, 5) is 32.8. The molecular formula is C29H36F3N3O3. The van der Waals surface area contributed by atoms with Gasteiger partial charge in [-0.25, -0.2) is 0 Å². The van der Waals surface area contributed by atoms with E-state index in [0.29, 0.717) is 44.5 Å². The summed E-state index contributed by atoms with van der Waals surface area (Å²) >= 11 is 0. The molecule has 0 saturated heterocycles. The van der Waals surface area contributed by atoms with Crippen LogP contribution in [0.25, 0.3) is 10.9 Å². The Kier molecular flexibility index (Phi) is 10.4. The molecule has 2 amide bonds. The Morgan fingerprint density at radius 3 is 2.34 bits per heavy atom. The van der Waals surface area contributed by atoms with Crippen LogP contribution in [-0.4, -0.2) is 59.9 Å². The molecule has 6 nitrogen and oxygen atoms in total. The molecule has 0 aliphatic rings. The molecule has 2 aromatic carbocycles. The zero-order valence-electron chi connectivity index (χ0n) is 22.2. The highest BCUT2D eigenvalue weighted by molar-refractivity contribution is 5.85. The third-order valence-electron chi connectivity index (χ3n) is 6.37. The van der Waals surface area contributed by atoms with Crippen molar-refractivity contribution in [2.24, 2.45) is 5.92 Å². The molecule has 9 heteroatoms. The van der Waals surface area contributed by atoms with Crippen molar-refractivity contribution in [3.05, 3.63) is 71.4 Å². The normalized spacial score (nSPS) is 11.8. The van der Waals surface area contributed by atoms with Gasteiger partial charge in [0.2, 0.25) is 11.8 Å². The number of amides is 2. The van der Waals surface area contributed by atoms with E-state index in [9.17, 15) is 22.8 Å². The maximum absolute atomic E-state index is 13.5. The number of rotatable bonds is 13. The number of nitrogens with zero attached hydrogens (tertiary/aromatic N) is 2. The predicted molar refractivity (Wildman–Crippen MR) is 141 cm³/mol. The predicted octanol–water partition coefficient (Wildman–Crippen LogP) is 5.67. The first-order chi connectivity index (χ1) is 18.1. The van der Waals surface area contributed by atoms with Crippen molar-refractivity contribution in [1.82, 2.24) is 14.8 Å². The maximum atomic E-state index is 13.5. The molecule has 1 N–H and O–H groups in total. The Morgan fingerprint density at radius 2 is 1.68 bits per heavy atom. The summed E-state index contributed by atoms with van der Waals surface area (Å²) in [7, 11) is 1.59. The second-order valence-corrected chi connectivity index (χ2v) is 9.88. The third-order valence-corrected chi connectivity index (χ3v) is 6.37. The van der Waals surface area contributed by atoms with E-state index >= 15 is 0 Å². The van der Waals surface area contributed by atoms with Crippen LogP contribution in [0.2, 0.25) is 0 Å². The first-order valence-corrected chi connectivity index (χ1v) is 12.8. The Hall–Kier alpha value is -3.33. The number of benzene rings is 2. The smallest absolute Gasteiger partial charge is 0.385 e. The van der Waals surface area contributed by atoms with Crippen molar-refractivity contribution in [3.8, 4) is 0 Å². The molecule has 1 heterocycles. The van der Waals surface area contributed by atoms with E-state index in [1.807, 2.05) is 44.3 Å². The number of para-hydroxylation sites is 1. The molecule has 0 spiro atoms. The van der Waals surface area contributed by atoms with Crippen molar-refractivity contribution < 1.29 is 27.5 Å². The minimum atomic E-state index is -4.43. The van der Waals surface area contributed by atoms with Gasteiger partial charge in [-0.3, -0.25) is 9.59 Å². The molecule has 3 rings (SSSR count). The minimum absolute atomic E-state index is 0.0935. The third kappa shape index (κ3) is 8.34. The van der Waals surface area contributed by atoms with Crippen molar-refractivity contribution in [3.63, 3.8) is 0 Å². The number of hydrogen-bond acceptors (Lipinski definition) is 3. The van der Waals surface area contributed by atoms with Crippen LogP contribution in [0, 0.1) is 5.92 Å². The van der Waals surface area contributed by atoms with Crippen LogP contribution < -0.4 is 0 Å². The largest absolute Gasteiger partial charge is 0.416 e. The molecule has 38 heavy (non-hydrogen) atoms. The van der Waals surface area contributed by atoms with Crippen LogP contribution in [-0.2, 0) is 33.5 Å². The summed E-state index contributed by atoms with van der Waals surface area (Å²) in [6.45, 7) is 5.16. The first-order valence-electron chi connectivity index (χ1n) is 12.8. The number of carbonyl (C=O) groups excluding carboxylic acids is 2. The Bertz CT molecular complexity index is 1190. The van der Waals surface area contributed by atoms with Crippen molar-refractivity contribution in [1.29, 1.82) is 0 Å². The number of alkyl halides is 3. The van der Waals surface area contributed by atoms with Crippen molar-refractivity contribution in [2.45, 2.75) is 45.8 Å². The van der Waals surface area contributed by atoms with Crippen LogP contribution in [0.4, 0.5) is 13.2 Å². The lowest BCUT2D eigenvalue weighted by Gasteiger charge is -2.28. The Balaban J connectivity index is 1.80. The van der Waals surface area contributed by atoms with Gasteiger partial charge in [0, 0.05) is 56.9 Å². The molecule has 1 aromatic heterocycles. The van der Waals surface area contributed by atoms with E-state index in [1.165, 1.54) is 12.1 Å². The number of halogens is 3. The number of H-pyrrole nitrogens is 1. The quantitative estimate of drug-likeness (QED) is 0.289.